The molecule has 1 amide bonds. The van der Waals surface area contributed by atoms with Crippen molar-refractivity contribution in [1.29, 1.82) is 0 Å². The molecule has 32 heavy (non-hydrogen) atoms. The molecule has 0 saturated carbocycles. The first-order valence-corrected chi connectivity index (χ1v) is 11.6. The van der Waals surface area contributed by atoms with Crippen molar-refractivity contribution >= 4 is 32.4 Å². The van der Waals surface area contributed by atoms with Gasteiger partial charge in [-0.05, 0) is 41.1 Å². The molecule has 3 aromatic rings. The zero-order valence-corrected chi connectivity index (χ0v) is 18.4. The van der Waals surface area contributed by atoms with E-state index in [2.05, 4.69) is 5.32 Å². The summed E-state index contributed by atoms with van der Waals surface area (Å²) in [7, 11) is -2.26. The van der Waals surface area contributed by atoms with E-state index >= 15 is 0 Å². The molecule has 1 saturated heterocycles. The summed E-state index contributed by atoms with van der Waals surface area (Å²) in [6.07, 6.45) is 0. The average molecular weight is 457 g/mol. The summed E-state index contributed by atoms with van der Waals surface area (Å²) < 4.78 is 43.4. The van der Waals surface area contributed by atoms with Crippen LogP contribution >= 0.6 is 0 Å². The molecule has 1 aliphatic rings. The van der Waals surface area contributed by atoms with Crippen molar-refractivity contribution in [2.24, 2.45) is 0 Å². The maximum atomic E-state index is 12.9. The molecule has 0 aromatic heterocycles. The lowest BCUT2D eigenvalue weighted by atomic mass is 10.1. The number of carbonyl (C=O) groups is 1. The van der Waals surface area contributed by atoms with Gasteiger partial charge in [-0.25, -0.2) is 8.42 Å². The molecular formula is C23H24N2O6S. The van der Waals surface area contributed by atoms with Crippen molar-refractivity contribution in [3.8, 4) is 11.5 Å². The first-order chi connectivity index (χ1) is 15.5. The number of nitrogens with zero attached hydrogens (tertiary/aromatic N) is 1. The summed E-state index contributed by atoms with van der Waals surface area (Å²) in [6.45, 7) is 1.05. The molecule has 1 aliphatic heterocycles. The number of amides is 1. The van der Waals surface area contributed by atoms with E-state index in [-0.39, 0.29) is 30.3 Å². The van der Waals surface area contributed by atoms with Crippen LogP contribution in [-0.4, -0.2) is 58.7 Å². The smallest absolute Gasteiger partial charge is 0.262 e. The molecule has 0 spiro atoms. The van der Waals surface area contributed by atoms with Gasteiger partial charge < -0.3 is 19.5 Å². The molecular weight excluding hydrogens is 432 g/mol. The summed E-state index contributed by atoms with van der Waals surface area (Å²) in [6, 6.07) is 17.8. The molecule has 0 radical (unpaired) electrons. The van der Waals surface area contributed by atoms with Crippen LogP contribution in [0.1, 0.15) is 0 Å². The molecule has 0 bridgehead atoms. The van der Waals surface area contributed by atoms with E-state index < -0.39 is 15.9 Å². The quantitative estimate of drug-likeness (QED) is 0.588. The Morgan fingerprint density at radius 2 is 1.78 bits per heavy atom. The lowest BCUT2D eigenvalue weighted by Crippen LogP contribution is -2.40. The maximum Gasteiger partial charge on any atom is 0.262 e. The minimum atomic E-state index is -3.71. The maximum absolute atomic E-state index is 12.9. The molecule has 3 aromatic carbocycles. The average Bonchev–Trinajstić information content (AvgIpc) is 2.83. The Bertz CT molecular complexity index is 1220. The number of anilines is 1. The second-order valence-electron chi connectivity index (χ2n) is 7.22. The molecule has 4 rings (SSSR count). The number of morpholine rings is 1. The predicted molar refractivity (Wildman–Crippen MR) is 121 cm³/mol. The third kappa shape index (κ3) is 4.85. The minimum absolute atomic E-state index is 0.0750. The van der Waals surface area contributed by atoms with Crippen LogP contribution in [0.3, 0.4) is 0 Å². The lowest BCUT2D eigenvalue weighted by Gasteiger charge is -2.26. The topological polar surface area (TPSA) is 94.2 Å². The number of hydrogen-bond acceptors (Lipinski definition) is 6. The predicted octanol–water partition coefficient (Wildman–Crippen LogP) is 2.89. The van der Waals surface area contributed by atoms with Gasteiger partial charge in [0.1, 0.15) is 11.5 Å². The summed E-state index contributed by atoms with van der Waals surface area (Å²) >= 11 is 0. The van der Waals surface area contributed by atoms with E-state index in [1.54, 1.807) is 6.07 Å². The van der Waals surface area contributed by atoms with Crippen molar-refractivity contribution < 1.29 is 27.4 Å². The number of ether oxygens (including phenoxy) is 3. The Morgan fingerprint density at radius 3 is 2.53 bits per heavy atom. The number of benzene rings is 3. The van der Waals surface area contributed by atoms with Crippen molar-refractivity contribution in [2.75, 3.05) is 45.3 Å². The Kier molecular flexibility index (Phi) is 6.59. The van der Waals surface area contributed by atoms with Crippen LogP contribution in [0.25, 0.3) is 10.8 Å². The van der Waals surface area contributed by atoms with Crippen LogP contribution in [-0.2, 0) is 19.6 Å². The molecule has 0 atom stereocenters. The zero-order valence-electron chi connectivity index (χ0n) is 17.6. The van der Waals surface area contributed by atoms with Gasteiger partial charge in [0.05, 0.1) is 30.9 Å². The largest absolute Gasteiger partial charge is 0.495 e. The molecule has 1 N–H and O–H groups in total. The number of hydrogen-bond donors (Lipinski definition) is 1. The third-order valence-electron chi connectivity index (χ3n) is 5.14. The number of methoxy groups -OCH3 is 1. The van der Waals surface area contributed by atoms with Gasteiger partial charge in [-0.1, -0.05) is 30.3 Å². The fraction of sp³-hybridized carbons (Fsp3) is 0.261. The standard InChI is InChI=1S/C23H24N2O6S/c1-29-22-9-8-20(32(27,28)25-10-12-30-13-11-25)15-21(22)24-23(26)16-31-19-7-6-17-4-2-3-5-18(17)14-19/h2-9,14-15H,10-13,16H2,1H3,(H,24,26). The van der Waals surface area contributed by atoms with Gasteiger partial charge >= 0.3 is 0 Å². The van der Waals surface area contributed by atoms with Crippen molar-refractivity contribution in [3.63, 3.8) is 0 Å². The second kappa shape index (κ2) is 9.56. The fourth-order valence-corrected chi connectivity index (χ4v) is 4.91. The Hall–Kier alpha value is -3.14. The monoisotopic (exact) mass is 456 g/mol. The van der Waals surface area contributed by atoms with E-state index in [9.17, 15) is 13.2 Å². The summed E-state index contributed by atoms with van der Waals surface area (Å²) in [5, 5.41) is 4.77. The first kappa shape index (κ1) is 22.1. The van der Waals surface area contributed by atoms with Crippen LogP contribution in [0.2, 0.25) is 0 Å². The molecule has 9 heteroatoms. The Balaban J connectivity index is 1.47. The first-order valence-electron chi connectivity index (χ1n) is 10.1. The van der Waals surface area contributed by atoms with Crippen LogP contribution in [0.15, 0.2) is 65.6 Å². The molecule has 0 aliphatic carbocycles. The van der Waals surface area contributed by atoms with E-state index in [4.69, 9.17) is 14.2 Å². The van der Waals surface area contributed by atoms with Crippen molar-refractivity contribution in [1.82, 2.24) is 4.31 Å². The van der Waals surface area contributed by atoms with Crippen LogP contribution in [0, 0.1) is 0 Å². The van der Waals surface area contributed by atoms with Gasteiger partial charge in [0.25, 0.3) is 5.91 Å². The molecule has 0 unspecified atom stereocenters. The van der Waals surface area contributed by atoms with Gasteiger partial charge in [-0.3, -0.25) is 4.79 Å². The highest BCUT2D eigenvalue weighted by atomic mass is 32.2. The van der Waals surface area contributed by atoms with Gasteiger partial charge in [-0.2, -0.15) is 4.31 Å². The van der Waals surface area contributed by atoms with Gasteiger partial charge in [0.2, 0.25) is 10.0 Å². The SMILES string of the molecule is COc1ccc(S(=O)(=O)N2CCOCC2)cc1NC(=O)COc1ccc2ccccc2c1. The van der Waals surface area contributed by atoms with Gasteiger partial charge in [-0.15, -0.1) is 0 Å². The summed E-state index contributed by atoms with van der Waals surface area (Å²) in [5.74, 6) is 0.483. The van der Waals surface area contributed by atoms with Gasteiger partial charge in [0, 0.05) is 13.1 Å². The molecule has 1 fully saturated rings. The second-order valence-corrected chi connectivity index (χ2v) is 9.16. The highest BCUT2D eigenvalue weighted by Crippen LogP contribution is 2.29. The van der Waals surface area contributed by atoms with Crippen LogP contribution < -0.4 is 14.8 Å². The molecule has 168 valence electrons. The number of carbonyl (C=O) groups excluding carboxylic acids is 1. The lowest BCUT2D eigenvalue weighted by molar-refractivity contribution is -0.118. The Labute approximate surface area is 186 Å². The van der Waals surface area contributed by atoms with Crippen LogP contribution in [0.4, 0.5) is 5.69 Å². The Morgan fingerprint density at radius 1 is 1.03 bits per heavy atom. The van der Waals surface area contributed by atoms with Crippen molar-refractivity contribution in [2.45, 2.75) is 4.90 Å². The third-order valence-corrected chi connectivity index (χ3v) is 7.04. The number of sulfonamides is 1. The number of fused-ring (bicyclic) bond motifs is 1. The minimum Gasteiger partial charge on any atom is -0.495 e. The zero-order chi connectivity index (χ0) is 22.6. The van der Waals surface area contributed by atoms with Gasteiger partial charge in [0.15, 0.2) is 6.61 Å². The fourth-order valence-electron chi connectivity index (χ4n) is 3.47. The van der Waals surface area contributed by atoms with Crippen molar-refractivity contribution in [3.05, 3.63) is 60.7 Å². The van der Waals surface area contributed by atoms with E-state index in [0.29, 0.717) is 24.7 Å². The van der Waals surface area contributed by atoms with E-state index in [1.165, 1.54) is 29.6 Å². The summed E-state index contributed by atoms with van der Waals surface area (Å²) in [5.41, 5.74) is 0.258. The van der Waals surface area contributed by atoms with Crippen LogP contribution in [0.5, 0.6) is 11.5 Å². The summed E-state index contributed by atoms with van der Waals surface area (Å²) in [4.78, 5) is 12.6. The molecule has 8 nitrogen and oxygen atoms in total. The van der Waals surface area contributed by atoms with E-state index in [0.717, 1.165) is 10.8 Å². The normalized spacial score (nSPS) is 14.8. The number of nitrogens with one attached hydrogen (secondary N) is 1. The molecule has 1 heterocycles. The highest BCUT2D eigenvalue weighted by Gasteiger charge is 2.27. The van der Waals surface area contributed by atoms with E-state index in [1.807, 2.05) is 36.4 Å². The highest BCUT2D eigenvalue weighted by molar-refractivity contribution is 7.89. The number of rotatable bonds is 7.